The Morgan fingerprint density at radius 1 is 1.28 bits per heavy atom. The molecule has 1 fully saturated rings. The number of hydrogen-bond acceptors (Lipinski definition) is 7. The van der Waals surface area contributed by atoms with Crippen LogP contribution >= 0.6 is 0 Å². The summed E-state index contributed by atoms with van der Waals surface area (Å²) in [4.78, 5) is 20.8. The maximum Gasteiger partial charge on any atom is 0.240 e. The van der Waals surface area contributed by atoms with E-state index in [1.165, 1.54) is 0 Å². The van der Waals surface area contributed by atoms with Gasteiger partial charge in [-0.15, -0.1) is 0 Å². The minimum atomic E-state index is 0.0170. The van der Waals surface area contributed by atoms with Gasteiger partial charge in [-0.3, -0.25) is 14.6 Å². The van der Waals surface area contributed by atoms with Crippen LogP contribution in [0.3, 0.4) is 0 Å². The summed E-state index contributed by atoms with van der Waals surface area (Å²) in [6, 6.07) is 3.66. The van der Waals surface area contributed by atoms with Crippen molar-refractivity contribution in [1.82, 2.24) is 25.3 Å². The third-order valence-electron chi connectivity index (χ3n) is 4.23. The average molecular weight is 347 g/mol. The van der Waals surface area contributed by atoms with Gasteiger partial charge >= 0.3 is 0 Å². The van der Waals surface area contributed by atoms with Gasteiger partial charge in [0.15, 0.2) is 5.82 Å². The number of aromatic nitrogens is 2. The number of rotatable bonds is 7. The lowest BCUT2D eigenvalue weighted by atomic mass is 10.2. The van der Waals surface area contributed by atoms with Gasteiger partial charge in [0.25, 0.3) is 0 Å². The maximum atomic E-state index is 12.0. The van der Waals surface area contributed by atoms with Crippen molar-refractivity contribution in [3.05, 3.63) is 35.9 Å². The fourth-order valence-electron chi connectivity index (χ4n) is 2.72. The highest BCUT2D eigenvalue weighted by Crippen LogP contribution is 2.12. The van der Waals surface area contributed by atoms with Gasteiger partial charge in [0.2, 0.25) is 11.8 Å². The van der Waals surface area contributed by atoms with E-state index in [1.54, 1.807) is 6.26 Å². The Balaban J connectivity index is 1.37. The van der Waals surface area contributed by atoms with Gasteiger partial charge in [-0.1, -0.05) is 19.0 Å². The smallest absolute Gasteiger partial charge is 0.240 e. The van der Waals surface area contributed by atoms with E-state index >= 15 is 0 Å². The summed E-state index contributed by atoms with van der Waals surface area (Å²) in [6.45, 7) is 9.05. The molecule has 0 spiro atoms. The Kier molecular flexibility index (Phi) is 5.83. The van der Waals surface area contributed by atoms with E-state index in [0.717, 1.165) is 37.8 Å². The number of nitrogens with zero attached hydrogens (tertiary/aromatic N) is 4. The summed E-state index contributed by atoms with van der Waals surface area (Å²) in [7, 11) is 0. The Morgan fingerprint density at radius 3 is 2.68 bits per heavy atom. The molecule has 2 aromatic heterocycles. The number of furan rings is 1. The average Bonchev–Trinajstić information content (AvgIpc) is 3.26. The summed E-state index contributed by atoms with van der Waals surface area (Å²) in [5.41, 5.74) is 0. The minimum absolute atomic E-state index is 0.0170. The van der Waals surface area contributed by atoms with Crippen LogP contribution in [0.2, 0.25) is 0 Å². The molecule has 0 aliphatic carbocycles. The molecule has 3 rings (SSSR count). The van der Waals surface area contributed by atoms with E-state index < -0.39 is 0 Å². The van der Waals surface area contributed by atoms with E-state index in [-0.39, 0.29) is 11.8 Å². The highest BCUT2D eigenvalue weighted by atomic mass is 16.5. The van der Waals surface area contributed by atoms with Crippen molar-refractivity contribution < 1.29 is 13.7 Å². The van der Waals surface area contributed by atoms with E-state index in [1.807, 2.05) is 26.0 Å². The second-order valence-electron chi connectivity index (χ2n) is 6.61. The molecule has 8 heteroatoms. The molecule has 1 N–H and O–H groups in total. The predicted molar refractivity (Wildman–Crippen MR) is 90.7 cm³/mol. The number of carbonyl (C=O) groups excluding carboxylic acids is 1. The number of hydrogen-bond donors (Lipinski definition) is 1. The number of amides is 1. The van der Waals surface area contributed by atoms with Crippen LogP contribution in [0.4, 0.5) is 0 Å². The highest BCUT2D eigenvalue weighted by Gasteiger charge is 2.21. The lowest BCUT2D eigenvalue weighted by molar-refractivity contribution is -0.123. The summed E-state index contributed by atoms with van der Waals surface area (Å²) in [5.74, 6) is 2.46. The third-order valence-corrected chi connectivity index (χ3v) is 4.23. The van der Waals surface area contributed by atoms with Crippen molar-refractivity contribution >= 4 is 5.91 Å². The molecule has 1 amide bonds. The second-order valence-corrected chi connectivity index (χ2v) is 6.61. The van der Waals surface area contributed by atoms with E-state index in [9.17, 15) is 4.79 Å². The topological polar surface area (TPSA) is 87.6 Å². The quantitative estimate of drug-likeness (QED) is 0.806. The molecule has 136 valence electrons. The minimum Gasteiger partial charge on any atom is -0.467 e. The largest absolute Gasteiger partial charge is 0.467 e. The van der Waals surface area contributed by atoms with Crippen molar-refractivity contribution in [2.45, 2.75) is 32.9 Å². The normalized spacial score (nSPS) is 16.4. The summed E-state index contributed by atoms with van der Waals surface area (Å²) in [5, 5.41) is 6.87. The van der Waals surface area contributed by atoms with Crippen LogP contribution in [0.1, 0.15) is 37.2 Å². The Morgan fingerprint density at radius 2 is 2.04 bits per heavy atom. The van der Waals surface area contributed by atoms with Crippen LogP contribution < -0.4 is 5.32 Å². The van der Waals surface area contributed by atoms with Crippen LogP contribution in [-0.2, 0) is 17.9 Å². The molecule has 0 atom stereocenters. The van der Waals surface area contributed by atoms with Crippen molar-refractivity contribution in [2.24, 2.45) is 0 Å². The molecule has 8 nitrogen and oxygen atoms in total. The van der Waals surface area contributed by atoms with Crippen LogP contribution in [0.5, 0.6) is 0 Å². The van der Waals surface area contributed by atoms with E-state index in [4.69, 9.17) is 8.94 Å². The van der Waals surface area contributed by atoms with Crippen LogP contribution in [0.25, 0.3) is 0 Å². The molecule has 3 heterocycles. The van der Waals surface area contributed by atoms with Crippen LogP contribution in [-0.4, -0.2) is 58.6 Å². The third kappa shape index (κ3) is 5.14. The molecular formula is C17H25N5O3. The molecule has 0 unspecified atom stereocenters. The predicted octanol–water partition coefficient (Wildman–Crippen LogP) is 1.22. The summed E-state index contributed by atoms with van der Waals surface area (Å²) < 4.78 is 10.5. The highest BCUT2D eigenvalue weighted by molar-refractivity contribution is 5.77. The zero-order valence-electron chi connectivity index (χ0n) is 14.8. The fourth-order valence-corrected chi connectivity index (χ4v) is 2.72. The molecular weight excluding hydrogens is 322 g/mol. The van der Waals surface area contributed by atoms with Gasteiger partial charge in [-0.25, -0.2) is 0 Å². The molecule has 0 aromatic carbocycles. The van der Waals surface area contributed by atoms with Crippen molar-refractivity contribution in [3.8, 4) is 0 Å². The first-order valence-electron chi connectivity index (χ1n) is 8.66. The van der Waals surface area contributed by atoms with Gasteiger partial charge in [0.1, 0.15) is 5.76 Å². The van der Waals surface area contributed by atoms with Gasteiger partial charge in [0, 0.05) is 32.1 Å². The van der Waals surface area contributed by atoms with Gasteiger partial charge in [0.05, 0.1) is 25.9 Å². The van der Waals surface area contributed by atoms with Gasteiger partial charge < -0.3 is 14.3 Å². The van der Waals surface area contributed by atoms with Gasteiger partial charge in [-0.2, -0.15) is 4.98 Å². The lowest BCUT2D eigenvalue weighted by Gasteiger charge is -2.33. The molecule has 1 aliphatic rings. The molecule has 1 aliphatic heterocycles. The SMILES string of the molecule is CC(C)c1noc(CN2CCN(CC(=O)NCc3ccco3)CC2)n1. The number of nitrogens with one attached hydrogen (secondary N) is 1. The molecule has 1 saturated heterocycles. The van der Waals surface area contributed by atoms with Crippen LogP contribution in [0, 0.1) is 0 Å². The Labute approximate surface area is 147 Å². The summed E-state index contributed by atoms with van der Waals surface area (Å²) in [6.07, 6.45) is 1.61. The zero-order valence-corrected chi connectivity index (χ0v) is 14.8. The first kappa shape index (κ1) is 17.6. The molecule has 25 heavy (non-hydrogen) atoms. The molecule has 0 saturated carbocycles. The van der Waals surface area contributed by atoms with Crippen LogP contribution in [0.15, 0.2) is 27.3 Å². The van der Waals surface area contributed by atoms with E-state index in [0.29, 0.717) is 25.5 Å². The maximum absolute atomic E-state index is 12.0. The standard InChI is InChI=1S/C17H25N5O3/c1-13(2)17-19-16(25-20-17)12-22-7-5-21(6-8-22)11-15(23)18-10-14-4-3-9-24-14/h3-4,9,13H,5-8,10-12H2,1-2H3,(H,18,23). The molecule has 0 bridgehead atoms. The van der Waals surface area contributed by atoms with Crippen molar-refractivity contribution in [2.75, 3.05) is 32.7 Å². The first-order chi connectivity index (χ1) is 12.1. The first-order valence-corrected chi connectivity index (χ1v) is 8.66. The molecule has 0 radical (unpaired) electrons. The fraction of sp³-hybridized carbons (Fsp3) is 0.588. The second kappa shape index (κ2) is 8.26. The van der Waals surface area contributed by atoms with Crippen molar-refractivity contribution in [1.29, 1.82) is 0 Å². The molecule has 2 aromatic rings. The van der Waals surface area contributed by atoms with E-state index in [2.05, 4.69) is 25.3 Å². The number of carbonyl (C=O) groups is 1. The monoisotopic (exact) mass is 347 g/mol. The Hall–Kier alpha value is -2.19. The lowest BCUT2D eigenvalue weighted by Crippen LogP contribution is -2.49. The van der Waals surface area contributed by atoms with Crippen molar-refractivity contribution in [3.63, 3.8) is 0 Å². The van der Waals surface area contributed by atoms with Gasteiger partial charge in [-0.05, 0) is 12.1 Å². The Bertz CT molecular complexity index is 660. The number of piperazine rings is 1. The zero-order chi connectivity index (χ0) is 17.6. The summed E-state index contributed by atoms with van der Waals surface area (Å²) >= 11 is 0.